The number of nitrogens with zero attached hydrogens (tertiary/aromatic N) is 1. The van der Waals surface area contributed by atoms with E-state index in [0.717, 1.165) is 5.56 Å². The molecule has 2 rings (SSSR count). The molecule has 1 atom stereocenters. The number of ether oxygens (including phenoxy) is 1. The average molecular weight is 287 g/mol. The van der Waals surface area contributed by atoms with Crippen LogP contribution in [0.25, 0.3) is 0 Å². The zero-order chi connectivity index (χ0) is 15.1. The molecule has 0 radical (unpaired) electrons. The molecule has 0 bridgehead atoms. The van der Waals surface area contributed by atoms with Crippen molar-refractivity contribution in [1.29, 1.82) is 0 Å². The molecule has 110 valence electrons. The van der Waals surface area contributed by atoms with E-state index in [1.165, 1.54) is 13.3 Å². The van der Waals surface area contributed by atoms with Gasteiger partial charge in [0.2, 0.25) is 5.88 Å². The number of pyridine rings is 1. The zero-order valence-corrected chi connectivity index (χ0v) is 11.6. The molecule has 2 aromatic rings. The maximum absolute atomic E-state index is 11.9. The van der Waals surface area contributed by atoms with Gasteiger partial charge in [-0.1, -0.05) is 30.3 Å². The van der Waals surface area contributed by atoms with Gasteiger partial charge in [-0.2, -0.15) is 0 Å². The van der Waals surface area contributed by atoms with Crippen molar-refractivity contribution in [2.75, 3.05) is 19.0 Å². The number of carbonyl (C=O) groups is 1. The van der Waals surface area contributed by atoms with E-state index in [9.17, 15) is 9.90 Å². The molecule has 21 heavy (non-hydrogen) atoms. The van der Waals surface area contributed by atoms with Gasteiger partial charge in [0.25, 0.3) is 0 Å². The van der Waals surface area contributed by atoms with Crippen molar-refractivity contribution in [2.24, 2.45) is 0 Å². The van der Waals surface area contributed by atoms with E-state index in [1.54, 1.807) is 12.1 Å². The number of aliphatic hydroxyl groups is 1. The first-order valence-corrected chi connectivity index (χ1v) is 6.46. The molecule has 0 spiro atoms. The Morgan fingerprint density at radius 2 is 2.05 bits per heavy atom. The number of carbonyl (C=O) groups excluding carboxylic acids is 1. The highest BCUT2D eigenvalue weighted by molar-refractivity contribution is 5.89. The van der Waals surface area contributed by atoms with Crippen LogP contribution in [0.2, 0.25) is 0 Å². The fourth-order valence-electron chi connectivity index (χ4n) is 1.82. The van der Waals surface area contributed by atoms with Crippen LogP contribution in [-0.2, 0) is 0 Å². The van der Waals surface area contributed by atoms with Gasteiger partial charge in [0.1, 0.15) is 0 Å². The van der Waals surface area contributed by atoms with Crippen molar-refractivity contribution < 1.29 is 14.6 Å². The molecular weight excluding hydrogens is 270 g/mol. The van der Waals surface area contributed by atoms with Gasteiger partial charge in [-0.15, -0.1) is 0 Å². The third kappa shape index (κ3) is 4.19. The summed E-state index contributed by atoms with van der Waals surface area (Å²) in [5.41, 5.74) is 1.38. The van der Waals surface area contributed by atoms with E-state index in [-0.39, 0.29) is 6.61 Å². The Bertz CT molecular complexity index is 572. The molecule has 0 aliphatic carbocycles. The number of anilines is 1. The summed E-state index contributed by atoms with van der Waals surface area (Å²) in [4.78, 5) is 15.9. The number of urea groups is 1. The first kappa shape index (κ1) is 14.8. The molecule has 2 amide bonds. The Morgan fingerprint density at radius 1 is 1.29 bits per heavy atom. The number of hydrogen-bond donors (Lipinski definition) is 3. The lowest BCUT2D eigenvalue weighted by atomic mass is 10.1. The van der Waals surface area contributed by atoms with Crippen LogP contribution in [0, 0.1) is 0 Å². The molecule has 0 aliphatic heterocycles. The number of aliphatic hydroxyl groups excluding tert-OH is 1. The molecule has 3 N–H and O–H groups in total. The maximum Gasteiger partial charge on any atom is 0.319 e. The SMILES string of the molecule is COc1ccc(NC(=O)N[C@@H](CO)c2ccccc2)cn1. The highest BCUT2D eigenvalue weighted by Gasteiger charge is 2.13. The normalized spacial score (nSPS) is 11.5. The summed E-state index contributed by atoms with van der Waals surface area (Å²) in [5, 5.41) is 14.7. The highest BCUT2D eigenvalue weighted by atomic mass is 16.5. The second-order valence-corrected chi connectivity index (χ2v) is 4.33. The van der Waals surface area contributed by atoms with Gasteiger partial charge in [-0.3, -0.25) is 0 Å². The molecule has 1 aromatic heterocycles. The monoisotopic (exact) mass is 287 g/mol. The lowest BCUT2D eigenvalue weighted by Gasteiger charge is -2.17. The van der Waals surface area contributed by atoms with E-state index >= 15 is 0 Å². The minimum Gasteiger partial charge on any atom is -0.481 e. The summed E-state index contributed by atoms with van der Waals surface area (Å²) in [6.45, 7) is -0.182. The van der Waals surface area contributed by atoms with Crippen molar-refractivity contribution in [2.45, 2.75) is 6.04 Å². The second kappa shape index (κ2) is 7.25. The first-order chi connectivity index (χ1) is 10.2. The molecular formula is C15H17N3O3. The number of nitrogens with one attached hydrogen (secondary N) is 2. The number of benzene rings is 1. The summed E-state index contributed by atoms with van der Waals surface area (Å²) in [6, 6.07) is 11.7. The van der Waals surface area contributed by atoms with Gasteiger partial charge in [0, 0.05) is 6.07 Å². The van der Waals surface area contributed by atoms with E-state index in [0.29, 0.717) is 11.6 Å². The Hall–Kier alpha value is -2.60. The third-order valence-electron chi connectivity index (χ3n) is 2.89. The van der Waals surface area contributed by atoms with Crippen molar-refractivity contribution >= 4 is 11.7 Å². The van der Waals surface area contributed by atoms with E-state index in [2.05, 4.69) is 15.6 Å². The standard InChI is InChI=1S/C15H17N3O3/c1-21-14-8-7-12(9-16-14)17-15(20)18-13(10-19)11-5-3-2-4-6-11/h2-9,13,19H,10H2,1H3,(H2,17,18,20)/t13-/m0/s1. The van der Waals surface area contributed by atoms with Crippen molar-refractivity contribution in [3.63, 3.8) is 0 Å². The molecule has 0 unspecified atom stereocenters. The van der Waals surface area contributed by atoms with Crippen LogP contribution in [0.1, 0.15) is 11.6 Å². The fraction of sp³-hybridized carbons (Fsp3) is 0.200. The predicted molar refractivity (Wildman–Crippen MR) is 79.2 cm³/mol. The summed E-state index contributed by atoms with van der Waals surface area (Å²) >= 11 is 0. The van der Waals surface area contributed by atoms with Crippen LogP contribution < -0.4 is 15.4 Å². The number of rotatable bonds is 5. The largest absolute Gasteiger partial charge is 0.481 e. The van der Waals surface area contributed by atoms with Gasteiger partial charge < -0.3 is 20.5 Å². The molecule has 1 heterocycles. The van der Waals surface area contributed by atoms with Gasteiger partial charge in [-0.05, 0) is 11.6 Å². The van der Waals surface area contributed by atoms with Crippen LogP contribution >= 0.6 is 0 Å². The van der Waals surface area contributed by atoms with Crippen LogP contribution in [0.15, 0.2) is 48.7 Å². The summed E-state index contributed by atoms with van der Waals surface area (Å²) in [6.07, 6.45) is 1.49. The third-order valence-corrected chi connectivity index (χ3v) is 2.89. The molecule has 0 fully saturated rings. The van der Waals surface area contributed by atoms with E-state index in [4.69, 9.17) is 4.74 Å². The topological polar surface area (TPSA) is 83.5 Å². The fourth-order valence-corrected chi connectivity index (χ4v) is 1.82. The second-order valence-electron chi connectivity index (χ2n) is 4.33. The quantitative estimate of drug-likeness (QED) is 0.785. The number of aromatic nitrogens is 1. The molecule has 0 aliphatic rings. The number of hydrogen-bond acceptors (Lipinski definition) is 4. The minimum absolute atomic E-state index is 0.182. The van der Waals surface area contributed by atoms with Crippen LogP contribution in [0.4, 0.5) is 10.5 Å². The Kier molecular flexibility index (Phi) is 5.11. The minimum atomic E-state index is -0.461. The number of amides is 2. The highest BCUT2D eigenvalue weighted by Crippen LogP contribution is 2.13. The zero-order valence-electron chi connectivity index (χ0n) is 11.6. The van der Waals surface area contributed by atoms with Crippen LogP contribution in [0.3, 0.4) is 0 Å². The number of methoxy groups -OCH3 is 1. The van der Waals surface area contributed by atoms with Crippen molar-refractivity contribution in [3.05, 3.63) is 54.2 Å². The van der Waals surface area contributed by atoms with Crippen LogP contribution in [0.5, 0.6) is 5.88 Å². The lowest BCUT2D eigenvalue weighted by Crippen LogP contribution is -2.34. The molecule has 0 saturated heterocycles. The lowest BCUT2D eigenvalue weighted by molar-refractivity contribution is 0.225. The summed E-state index contributed by atoms with van der Waals surface area (Å²) < 4.78 is 4.94. The maximum atomic E-state index is 11.9. The Balaban J connectivity index is 1.96. The summed E-state index contributed by atoms with van der Waals surface area (Å²) in [5.74, 6) is 0.471. The van der Waals surface area contributed by atoms with E-state index in [1.807, 2.05) is 30.3 Å². The first-order valence-electron chi connectivity index (χ1n) is 6.46. The molecule has 0 saturated carbocycles. The van der Waals surface area contributed by atoms with Gasteiger partial charge in [0.05, 0.1) is 31.6 Å². The molecule has 6 heteroatoms. The van der Waals surface area contributed by atoms with Crippen molar-refractivity contribution in [1.82, 2.24) is 10.3 Å². The van der Waals surface area contributed by atoms with Gasteiger partial charge in [0.15, 0.2) is 0 Å². The molecule has 1 aromatic carbocycles. The van der Waals surface area contributed by atoms with Crippen LogP contribution in [-0.4, -0.2) is 29.8 Å². The average Bonchev–Trinajstić information content (AvgIpc) is 2.54. The Labute approximate surface area is 122 Å². The Morgan fingerprint density at radius 3 is 2.62 bits per heavy atom. The predicted octanol–water partition coefficient (Wildman–Crippen LogP) is 1.95. The summed E-state index contributed by atoms with van der Waals surface area (Å²) in [7, 11) is 1.52. The van der Waals surface area contributed by atoms with Gasteiger partial charge >= 0.3 is 6.03 Å². The van der Waals surface area contributed by atoms with Crippen molar-refractivity contribution in [3.8, 4) is 5.88 Å². The van der Waals surface area contributed by atoms with Gasteiger partial charge in [-0.25, -0.2) is 9.78 Å². The smallest absolute Gasteiger partial charge is 0.319 e. The van der Waals surface area contributed by atoms with E-state index < -0.39 is 12.1 Å². The molecule has 6 nitrogen and oxygen atoms in total.